The second-order valence-electron chi connectivity index (χ2n) is 12.5. The fraction of sp³-hybridized carbons (Fsp3) is 0.412. The lowest BCUT2D eigenvalue weighted by Gasteiger charge is -2.48. The molecule has 0 radical (unpaired) electrons. The van der Waals surface area contributed by atoms with Crippen LogP contribution in [0.4, 0.5) is 22.7 Å². The molecular formula is C34H40N4O4. The maximum atomic E-state index is 11.8. The monoisotopic (exact) mass is 568 g/mol. The van der Waals surface area contributed by atoms with E-state index in [1.165, 1.54) is 0 Å². The maximum Gasteiger partial charge on any atom is 0.143 e. The number of benzene rings is 4. The van der Waals surface area contributed by atoms with Crippen LogP contribution in [0.2, 0.25) is 0 Å². The van der Waals surface area contributed by atoms with Gasteiger partial charge in [0.05, 0.1) is 37.8 Å². The topological polar surface area (TPSA) is 107 Å². The number of hydrogen-bond donors (Lipinski definition) is 6. The normalized spacial score (nSPS) is 24.6. The Morgan fingerprint density at radius 2 is 1.17 bits per heavy atom. The number of anilines is 4. The fourth-order valence-corrected chi connectivity index (χ4v) is 7.54. The van der Waals surface area contributed by atoms with Crippen molar-refractivity contribution >= 4 is 44.3 Å². The summed E-state index contributed by atoms with van der Waals surface area (Å²) in [6.07, 6.45) is 0.178. The molecule has 2 unspecified atom stereocenters. The molecule has 7 rings (SSSR count). The molecule has 220 valence electrons. The van der Waals surface area contributed by atoms with Crippen LogP contribution in [-0.4, -0.2) is 48.0 Å². The van der Waals surface area contributed by atoms with E-state index in [-0.39, 0.29) is 11.3 Å². The van der Waals surface area contributed by atoms with E-state index in [4.69, 9.17) is 9.47 Å². The Morgan fingerprint density at radius 3 is 1.64 bits per heavy atom. The second-order valence-corrected chi connectivity index (χ2v) is 12.5. The van der Waals surface area contributed by atoms with E-state index in [2.05, 4.69) is 73.2 Å². The quantitative estimate of drug-likeness (QED) is 0.156. The fourth-order valence-electron chi connectivity index (χ4n) is 7.54. The van der Waals surface area contributed by atoms with Crippen LogP contribution in [0.25, 0.3) is 21.5 Å². The molecule has 2 aliphatic heterocycles. The smallest absolute Gasteiger partial charge is 0.143 e. The molecule has 1 aliphatic carbocycles. The van der Waals surface area contributed by atoms with Crippen molar-refractivity contribution in [3.05, 3.63) is 59.7 Å². The molecule has 0 aromatic heterocycles. The van der Waals surface area contributed by atoms with Gasteiger partial charge in [0.25, 0.3) is 0 Å². The minimum atomic E-state index is -0.806. The largest absolute Gasteiger partial charge is 0.495 e. The Kier molecular flexibility index (Phi) is 5.98. The minimum Gasteiger partial charge on any atom is -0.495 e. The van der Waals surface area contributed by atoms with Gasteiger partial charge in [-0.05, 0) is 72.9 Å². The lowest BCUT2D eigenvalue weighted by atomic mass is 9.62. The zero-order chi connectivity index (χ0) is 29.6. The van der Waals surface area contributed by atoms with Crippen LogP contribution < -0.4 is 30.7 Å². The predicted molar refractivity (Wildman–Crippen MR) is 170 cm³/mol. The van der Waals surface area contributed by atoms with E-state index >= 15 is 0 Å². The van der Waals surface area contributed by atoms with Gasteiger partial charge in [0.15, 0.2) is 0 Å². The highest BCUT2D eigenvalue weighted by molar-refractivity contribution is 6.10. The maximum absolute atomic E-state index is 11.8. The molecule has 0 bridgehead atoms. The van der Waals surface area contributed by atoms with Crippen molar-refractivity contribution in [1.82, 2.24) is 0 Å². The van der Waals surface area contributed by atoms with Crippen molar-refractivity contribution in [1.29, 1.82) is 0 Å². The highest BCUT2D eigenvalue weighted by atomic mass is 16.5. The molecule has 0 saturated heterocycles. The molecule has 4 aromatic carbocycles. The summed E-state index contributed by atoms with van der Waals surface area (Å²) >= 11 is 0. The number of methoxy groups -OCH3 is 2. The van der Waals surface area contributed by atoms with E-state index in [9.17, 15) is 10.2 Å². The van der Waals surface area contributed by atoms with Gasteiger partial charge in [0, 0.05) is 34.0 Å². The van der Waals surface area contributed by atoms with E-state index in [0.29, 0.717) is 11.5 Å². The van der Waals surface area contributed by atoms with Crippen LogP contribution in [0.3, 0.4) is 0 Å². The van der Waals surface area contributed by atoms with Crippen LogP contribution in [-0.2, 0) is 0 Å². The van der Waals surface area contributed by atoms with Gasteiger partial charge in [-0.3, -0.25) is 0 Å². The molecule has 2 atom stereocenters. The third-order valence-corrected chi connectivity index (χ3v) is 9.78. The highest BCUT2D eigenvalue weighted by Crippen LogP contribution is 2.56. The molecule has 1 saturated carbocycles. The van der Waals surface area contributed by atoms with Crippen molar-refractivity contribution in [2.75, 3.05) is 35.5 Å². The molecule has 42 heavy (non-hydrogen) atoms. The molecule has 6 N–H and O–H groups in total. The van der Waals surface area contributed by atoms with Crippen molar-refractivity contribution in [2.24, 2.45) is 0 Å². The molecule has 8 nitrogen and oxygen atoms in total. The first kappa shape index (κ1) is 27.0. The summed E-state index contributed by atoms with van der Waals surface area (Å²) in [6, 6.07) is 16.3. The lowest BCUT2D eigenvalue weighted by Crippen LogP contribution is -2.52. The van der Waals surface area contributed by atoms with Gasteiger partial charge in [-0.1, -0.05) is 38.1 Å². The molecular weight excluding hydrogens is 528 g/mol. The Balaban J connectivity index is 1.34. The number of nitrogens with one attached hydrogen (secondary N) is 4. The summed E-state index contributed by atoms with van der Waals surface area (Å²) in [5, 5.41) is 42.3. The van der Waals surface area contributed by atoms with Gasteiger partial charge >= 0.3 is 0 Å². The Bertz CT molecular complexity index is 1720. The molecule has 1 fully saturated rings. The van der Waals surface area contributed by atoms with E-state index in [0.717, 1.165) is 68.3 Å². The van der Waals surface area contributed by atoms with Gasteiger partial charge in [-0.15, -0.1) is 0 Å². The van der Waals surface area contributed by atoms with Crippen LogP contribution >= 0.6 is 0 Å². The summed E-state index contributed by atoms with van der Waals surface area (Å²) in [5.74, 6) is 0.440. The SMILES string of the molecule is CCC1(CC)Nc2cccc3c(C4C(O)C(c5cc(OC)c6c7c(cccc57)NC(C)(C)N6)C4O)cc(OC)c(c23)N1. The van der Waals surface area contributed by atoms with Gasteiger partial charge in [0.1, 0.15) is 22.8 Å². The van der Waals surface area contributed by atoms with Gasteiger partial charge in [0.2, 0.25) is 0 Å². The van der Waals surface area contributed by atoms with Crippen LogP contribution in [0, 0.1) is 0 Å². The molecule has 4 aromatic rings. The third-order valence-electron chi connectivity index (χ3n) is 9.78. The van der Waals surface area contributed by atoms with E-state index in [1.807, 2.05) is 24.3 Å². The number of ether oxygens (including phenoxy) is 2. The zero-order valence-electron chi connectivity index (χ0n) is 25.1. The van der Waals surface area contributed by atoms with Crippen LogP contribution in [0.5, 0.6) is 11.5 Å². The number of hydrogen-bond acceptors (Lipinski definition) is 8. The summed E-state index contributed by atoms with van der Waals surface area (Å²) in [6.45, 7) is 8.49. The summed E-state index contributed by atoms with van der Waals surface area (Å²) in [7, 11) is 3.33. The van der Waals surface area contributed by atoms with E-state index < -0.39 is 24.0 Å². The van der Waals surface area contributed by atoms with Gasteiger partial charge in [-0.2, -0.15) is 0 Å². The van der Waals surface area contributed by atoms with Crippen molar-refractivity contribution in [2.45, 2.75) is 75.9 Å². The Hall–Kier alpha value is -3.88. The van der Waals surface area contributed by atoms with Gasteiger partial charge in [-0.25, -0.2) is 0 Å². The Labute approximate surface area is 246 Å². The first-order valence-corrected chi connectivity index (χ1v) is 14.9. The van der Waals surface area contributed by atoms with Crippen molar-refractivity contribution < 1.29 is 19.7 Å². The number of aliphatic hydroxyl groups excluding tert-OH is 2. The van der Waals surface area contributed by atoms with Crippen molar-refractivity contribution in [3.8, 4) is 11.5 Å². The molecule has 0 amide bonds. The number of aliphatic hydroxyl groups is 2. The molecule has 8 heteroatoms. The van der Waals surface area contributed by atoms with Crippen LogP contribution in [0.1, 0.15) is 63.5 Å². The third kappa shape index (κ3) is 3.67. The summed E-state index contributed by atoms with van der Waals surface area (Å²) in [5.41, 5.74) is 5.01. The second kappa shape index (κ2) is 9.31. The standard InChI is InChI=1S/C34H40N4O4/c1-7-34(8-2)36-22-14-10-12-18-20(16-24(42-6)30(38-34)26(18)22)28-31(39)27(32(28)40)19-15-23(41-5)29-25-17(19)11-9-13-21(25)35-33(3,4)37-29/h9-16,27-28,31-32,35-40H,7-8H2,1-6H3. The summed E-state index contributed by atoms with van der Waals surface area (Å²) in [4.78, 5) is 0. The first-order valence-electron chi connectivity index (χ1n) is 14.9. The Morgan fingerprint density at radius 1 is 0.690 bits per heavy atom. The molecule has 3 aliphatic rings. The van der Waals surface area contributed by atoms with Crippen LogP contribution in [0.15, 0.2) is 48.5 Å². The number of rotatable bonds is 6. The zero-order valence-corrected chi connectivity index (χ0v) is 25.1. The lowest BCUT2D eigenvalue weighted by molar-refractivity contribution is -0.0776. The molecule has 2 heterocycles. The van der Waals surface area contributed by atoms with Gasteiger partial charge < -0.3 is 41.0 Å². The first-order chi connectivity index (χ1) is 20.2. The minimum absolute atomic E-state index is 0.274. The molecule has 0 spiro atoms. The predicted octanol–water partition coefficient (Wildman–Crippen LogP) is 6.54. The van der Waals surface area contributed by atoms with E-state index in [1.54, 1.807) is 14.2 Å². The average molecular weight is 569 g/mol. The highest BCUT2D eigenvalue weighted by Gasteiger charge is 2.52. The van der Waals surface area contributed by atoms with Crippen molar-refractivity contribution in [3.63, 3.8) is 0 Å². The average Bonchev–Trinajstić information content (AvgIpc) is 2.98. The summed E-state index contributed by atoms with van der Waals surface area (Å²) < 4.78 is 11.8.